The third-order valence-electron chi connectivity index (χ3n) is 3.24. The molecule has 3 aromatic rings. The highest BCUT2D eigenvalue weighted by Gasteiger charge is 2.10. The molecule has 2 aromatic heterocycles. The van der Waals surface area contributed by atoms with Crippen LogP contribution in [0.1, 0.15) is 11.3 Å². The topological polar surface area (TPSA) is 48.2 Å². The van der Waals surface area contributed by atoms with E-state index in [1.807, 2.05) is 7.05 Å². The molecule has 0 saturated carbocycles. The summed E-state index contributed by atoms with van der Waals surface area (Å²) in [6.45, 7) is 2.76. The van der Waals surface area contributed by atoms with Crippen molar-refractivity contribution >= 4 is 16.8 Å². The van der Waals surface area contributed by atoms with Gasteiger partial charge in [0.05, 0.1) is 11.0 Å². The largest absolute Gasteiger partial charge is 0.330 e. The van der Waals surface area contributed by atoms with E-state index in [9.17, 15) is 0 Å². The fourth-order valence-corrected chi connectivity index (χ4v) is 2.30. The van der Waals surface area contributed by atoms with Gasteiger partial charge >= 0.3 is 0 Å². The Morgan fingerprint density at radius 2 is 2.18 bits per heavy atom. The van der Waals surface area contributed by atoms with Crippen LogP contribution in [-0.2, 0) is 13.5 Å². The Labute approximate surface area is 99.7 Å². The summed E-state index contributed by atoms with van der Waals surface area (Å²) in [5.74, 6) is 0.981. The van der Waals surface area contributed by atoms with Gasteiger partial charge in [-0.25, -0.2) is 4.98 Å². The quantitative estimate of drug-likeness (QED) is 0.724. The lowest BCUT2D eigenvalue weighted by Gasteiger charge is -1.98. The van der Waals surface area contributed by atoms with E-state index in [0.717, 1.165) is 17.7 Å². The molecule has 2 heterocycles. The highest BCUT2D eigenvalue weighted by atomic mass is 15.2. The van der Waals surface area contributed by atoms with Crippen molar-refractivity contribution in [1.82, 2.24) is 14.0 Å². The van der Waals surface area contributed by atoms with Crippen LogP contribution >= 0.6 is 0 Å². The van der Waals surface area contributed by atoms with E-state index in [2.05, 4.69) is 45.3 Å². The first-order chi connectivity index (χ1) is 8.20. The lowest BCUT2D eigenvalue weighted by atomic mass is 10.2. The van der Waals surface area contributed by atoms with Crippen molar-refractivity contribution < 1.29 is 0 Å². The van der Waals surface area contributed by atoms with Gasteiger partial charge in [-0.15, -0.1) is 0 Å². The number of imidazole rings is 2. The van der Waals surface area contributed by atoms with Crippen molar-refractivity contribution in [2.24, 2.45) is 12.8 Å². The van der Waals surface area contributed by atoms with Crippen LogP contribution in [0.3, 0.4) is 0 Å². The number of aromatic nitrogens is 3. The number of hydrogen-bond donors (Lipinski definition) is 1. The highest BCUT2D eigenvalue weighted by molar-refractivity contribution is 5.80. The van der Waals surface area contributed by atoms with Gasteiger partial charge in [0.25, 0.3) is 0 Å². The highest BCUT2D eigenvalue weighted by Crippen LogP contribution is 2.20. The Hall–Kier alpha value is -1.81. The molecular weight excluding hydrogens is 212 g/mol. The molecule has 0 saturated heterocycles. The zero-order chi connectivity index (χ0) is 12.0. The zero-order valence-electron chi connectivity index (χ0n) is 10.1. The summed E-state index contributed by atoms with van der Waals surface area (Å²) >= 11 is 0. The Balaban J connectivity index is 2.34. The summed E-state index contributed by atoms with van der Waals surface area (Å²) in [7, 11) is 2.04. The predicted octanol–water partition coefficient (Wildman–Crippen LogP) is 1.64. The second-order valence-corrected chi connectivity index (χ2v) is 4.49. The lowest BCUT2D eigenvalue weighted by Crippen LogP contribution is -2.06. The van der Waals surface area contributed by atoms with Crippen LogP contribution in [0.4, 0.5) is 0 Å². The summed E-state index contributed by atoms with van der Waals surface area (Å²) in [6.07, 6.45) is 3.02. The van der Waals surface area contributed by atoms with Crippen molar-refractivity contribution in [3.63, 3.8) is 0 Å². The van der Waals surface area contributed by atoms with Crippen molar-refractivity contribution in [3.05, 3.63) is 35.7 Å². The molecule has 0 unspecified atom stereocenters. The number of fused-ring (bicyclic) bond motifs is 3. The molecule has 0 fully saturated rings. The van der Waals surface area contributed by atoms with E-state index < -0.39 is 0 Å². The minimum absolute atomic E-state index is 0.665. The third-order valence-corrected chi connectivity index (χ3v) is 3.24. The SMILES string of the molecule is Cc1ccc2nc3n(C)c(CCN)cn3c2c1. The van der Waals surface area contributed by atoms with E-state index in [1.165, 1.54) is 16.8 Å². The lowest BCUT2D eigenvalue weighted by molar-refractivity contribution is 0.820. The number of rotatable bonds is 2. The van der Waals surface area contributed by atoms with Gasteiger partial charge in [-0.2, -0.15) is 0 Å². The number of aryl methyl sites for hydroxylation is 2. The Morgan fingerprint density at radius 1 is 1.35 bits per heavy atom. The van der Waals surface area contributed by atoms with Crippen molar-refractivity contribution in [3.8, 4) is 0 Å². The molecule has 88 valence electrons. The molecular formula is C13H16N4. The minimum atomic E-state index is 0.665. The molecule has 0 radical (unpaired) electrons. The maximum atomic E-state index is 5.61. The summed E-state index contributed by atoms with van der Waals surface area (Å²) < 4.78 is 4.26. The van der Waals surface area contributed by atoms with E-state index in [4.69, 9.17) is 5.73 Å². The van der Waals surface area contributed by atoms with E-state index in [0.29, 0.717) is 6.54 Å². The maximum absolute atomic E-state index is 5.61. The summed E-state index contributed by atoms with van der Waals surface area (Å²) in [5.41, 5.74) is 10.3. The number of hydrogen-bond acceptors (Lipinski definition) is 2. The van der Waals surface area contributed by atoms with Crippen LogP contribution in [0.2, 0.25) is 0 Å². The van der Waals surface area contributed by atoms with Gasteiger partial charge in [-0.1, -0.05) is 6.07 Å². The second kappa shape index (κ2) is 3.60. The molecule has 0 aliphatic rings. The molecule has 4 heteroatoms. The number of nitrogens with two attached hydrogens (primary N) is 1. The summed E-state index contributed by atoms with van der Waals surface area (Å²) in [5, 5.41) is 0. The Bertz CT molecular complexity index is 690. The first kappa shape index (κ1) is 10.4. The number of benzene rings is 1. The van der Waals surface area contributed by atoms with Crippen molar-refractivity contribution in [2.75, 3.05) is 6.54 Å². The molecule has 0 aliphatic heterocycles. The number of nitrogens with zero attached hydrogens (tertiary/aromatic N) is 3. The first-order valence-corrected chi connectivity index (χ1v) is 5.84. The third kappa shape index (κ3) is 1.45. The summed E-state index contributed by atoms with van der Waals surface area (Å²) in [6, 6.07) is 6.33. The summed E-state index contributed by atoms with van der Waals surface area (Å²) in [4.78, 5) is 4.64. The standard InChI is InChI=1S/C13H16N4/c1-9-3-4-11-12(7-9)17-8-10(5-6-14)16(2)13(17)15-11/h3-4,7-8H,5-6,14H2,1-2H3. The van der Waals surface area contributed by atoms with Gasteiger partial charge in [0.15, 0.2) is 0 Å². The second-order valence-electron chi connectivity index (χ2n) is 4.49. The Kier molecular flexibility index (Phi) is 2.19. The average molecular weight is 228 g/mol. The monoisotopic (exact) mass is 228 g/mol. The van der Waals surface area contributed by atoms with Crippen LogP contribution in [0.15, 0.2) is 24.4 Å². The molecule has 3 rings (SSSR count). The molecule has 0 aliphatic carbocycles. The van der Waals surface area contributed by atoms with Crippen LogP contribution in [0, 0.1) is 6.92 Å². The van der Waals surface area contributed by atoms with Crippen LogP contribution in [-0.4, -0.2) is 20.5 Å². The Morgan fingerprint density at radius 3 is 2.94 bits per heavy atom. The van der Waals surface area contributed by atoms with Crippen molar-refractivity contribution in [1.29, 1.82) is 0 Å². The normalized spacial score (nSPS) is 11.7. The van der Waals surface area contributed by atoms with E-state index >= 15 is 0 Å². The molecule has 0 atom stereocenters. The van der Waals surface area contributed by atoms with Crippen molar-refractivity contribution in [2.45, 2.75) is 13.3 Å². The van der Waals surface area contributed by atoms with Gasteiger partial charge in [-0.3, -0.25) is 4.40 Å². The van der Waals surface area contributed by atoms with E-state index in [1.54, 1.807) is 0 Å². The molecule has 17 heavy (non-hydrogen) atoms. The fraction of sp³-hybridized carbons (Fsp3) is 0.308. The van der Waals surface area contributed by atoms with Gasteiger partial charge in [0.2, 0.25) is 5.78 Å². The molecule has 2 N–H and O–H groups in total. The predicted molar refractivity (Wildman–Crippen MR) is 69.2 cm³/mol. The van der Waals surface area contributed by atoms with Crippen LogP contribution < -0.4 is 5.73 Å². The molecule has 4 nitrogen and oxygen atoms in total. The van der Waals surface area contributed by atoms with Gasteiger partial charge in [0.1, 0.15) is 0 Å². The minimum Gasteiger partial charge on any atom is -0.330 e. The average Bonchev–Trinajstić information content (AvgIpc) is 2.79. The van der Waals surface area contributed by atoms with Crippen LogP contribution in [0.5, 0.6) is 0 Å². The van der Waals surface area contributed by atoms with Gasteiger partial charge in [-0.05, 0) is 31.2 Å². The molecule has 0 amide bonds. The van der Waals surface area contributed by atoms with Gasteiger partial charge in [0, 0.05) is 25.4 Å². The van der Waals surface area contributed by atoms with Crippen LogP contribution in [0.25, 0.3) is 16.8 Å². The smallest absolute Gasteiger partial charge is 0.214 e. The molecule has 0 bridgehead atoms. The zero-order valence-corrected chi connectivity index (χ0v) is 10.1. The maximum Gasteiger partial charge on any atom is 0.214 e. The van der Waals surface area contributed by atoms with E-state index in [-0.39, 0.29) is 0 Å². The van der Waals surface area contributed by atoms with Gasteiger partial charge < -0.3 is 10.3 Å². The first-order valence-electron chi connectivity index (χ1n) is 5.84. The fourth-order valence-electron chi connectivity index (χ4n) is 2.30. The molecule has 0 spiro atoms. The molecule has 1 aromatic carbocycles.